The molecule has 1 aliphatic heterocycles. The number of alkyl halides is 11. The molecule has 1 heterocycles. The van der Waals surface area contributed by atoms with Gasteiger partial charge in [-0.3, -0.25) is 0 Å². The zero-order chi connectivity index (χ0) is 20.8. The number of likely N-dealkylation sites (N-methyl/N-ethyl adjacent to an activating group) is 1. The fraction of sp³-hybridized carbons (Fsp3) is 0.900. The summed E-state index contributed by atoms with van der Waals surface area (Å²) >= 11 is 0. The third kappa shape index (κ3) is 3.86. The van der Waals surface area contributed by atoms with Crippen molar-refractivity contribution in [1.82, 2.24) is 10.2 Å². The number of nitrogens with zero attached hydrogens (tertiary/aromatic N) is 2. The Hall–Kier alpha value is -2.06. The molecule has 1 aliphatic rings. The van der Waals surface area contributed by atoms with Gasteiger partial charge in [0.1, 0.15) is 0 Å². The molecule has 0 aliphatic carbocycles. The molecule has 16 heteroatoms. The molecule has 26 heavy (non-hydrogen) atoms. The number of ether oxygens (including phenoxy) is 2. The van der Waals surface area contributed by atoms with Crippen molar-refractivity contribution in [1.29, 1.82) is 0 Å². The van der Waals surface area contributed by atoms with Crippen molar-refractivity contribution >= 4 is 6.61 Å². The second-order valence-electron chi connectivity index (χ2n) is 4.94. The van der Waals surface area contributed by atoms with E-state index in [1.165, 1.54) is 19.0 Å². The van der Waals surface area contributed by atoms with E-state index >= 15 is 0 Å². The summed E-state index contributed by atoms with van der Waals surface area (Å²) in [6, 6.07) is -12.3. The molecule has 4 nitrogen and oxygen atoms in total. The molecule has 1 saturated heterocycles. The first-order valence-corrected chi connectivity index (χ1v) is 8.68. The van der Waals surface area contributed by atoms with Gasteiger partial charge in [-0.25, -0.2) is 0 Å². The second-order valence-corrected chi connectivity index (χ2v) is 7.90. The average molecular weight is 650 g/mol. The van der Waals surface area contributed by atoms with Crippen molar-refractivity contribution in [2.75, 3.05) is 27.2 Å². The number of rotatable bonds is 5. The Bertz CT molecular complexity index is 524. The van der Waals surface area contributed by atoms with Crippen LogP contribution < -0.4 is 0 Å². The van der Waals surface area contributed by atoms with E-state index in [2.05, 4.69) is 9.47 Å². The Morgan fingerprint density at radius 2 is 1.38 bits per heavy atom. The maximum absolute atomic E-state index is 13.5. The summed E-state index contributed by atoms with van der Waals surface area (Å²) in [6.45, 7) is -3.38. The predicted molar refractivity (Wildman–Crippen MR) is 58.3 cm³/mol. The van der Waals surface area contributed by atoms with Crippen molar-refractivity contribution in [3.05, 3.63) is 0 Å². The predicted octanol–water partition coefficient (Wildman–Crippen LogP) is 2.96. The zero-order valence-electron chi connectivity index (χ0n) is 12.6. The molecule has 1 fully saturated rings. The van der Waals surface area contributed by atoms with Crippen molar-refractivity contribution in [2.24, 2.45) is 0 Å². The molecule has 0 saturated carbocycles. The minimum absolute atomic E-state index is 0.225. The molecule has 0 atom stereocenters. The molecule has 0 amide bonds. The SMILES string of the molecule is CN(C)CCO[C](=[Cf][N]1C(F)(F)C(F)(F)OC(F)(F)C1(F)F)C(F)(F)F. The van der Waals surface area contributed by atoms with Gasteiger partial charge in [0, 0.05) is 0 Å². The quantitative estimate of drug-likeness (QED) is 0.338. The van der Waals surface area contributed by atoms with Gasteiger partial charge in [-0.1, -0.05) is 0 Å². The van der Waals surface area contributed by atoms with Crippen LogP contribution in [0.1, 0.15) is 0 Å². The van der Waals surface area contributed by atoms with E-state index in [0.29, 0.717) is 0 Å². The standard InChI is InChI=1S/C6H10F3NO.C4F8NO.Cf/c1-10(2)3-4-11-5-6(7,8)9;5-1(6)3(9,10)14-4(11,12)2(7,8)13-1;/h3-4H2,1-2H3;;/q;-1;+1. The van der Waals surface area contributed by atoms with Gasteiger partial charge in [-0.15, -0.1) is 0 Å². The normalized spacial score (nSPS) is 25.2. The molecule has 0 radical (unpaired) electrons. The van der Waals surface area contributed by atoms with Crippen LogP contribution in [-0.2, 0) is 9.47 Å². The molecule has 0 N–H and O–H groups in total. The topological polar surface area (TPSA) is 24.9 Å². The van der Waals surface area contributed by atoms with E-state index in [1.807, 2.05) is 0 Å². The van der Waals surface area contributed by atoms with Gasteiger partial charge >= 0.3 is 132 Å². The summed E-state index contributed by atoms with van der Waals surface area (Å²) < 4.78 is 147. The molecule has 0 aromatic rings. The van der Waals surface area contributed by atoms with Crippen LogP contribution in [0.15, 0.2) is 0 Å². The number of morpholine rings is 1. The summed E-state index contributed by atoms with van der Waals surface area (Å²) in [7, 11) is 2.75. The summed E-state index contributed by atoms with van der Waals surface area (Å²) in [5, 5.41) is -2.14. The van der Waals surface area contributed by atoms with E-state index in [-0.39, 0.29) is 6.54 Å². The summed E-state index contributed by atoms with van der Waals surface area (Å²) in [5.41, 5.74) is 0. The van der Waals surface area contributed by atoms with E-state index in [9.17, 15) is 48.3 Å². The molecule has 0 spiro atoms. The maximum atomic E-state index is 13.5. The van der Waals surface area contributed by atoms with Crippen LogP contribution in [0.5, 0.6) is 0 Å². The van der Waals surface area contributed by atoms with Gasteiger partial charge in [-0.2, -0.15) is 0 Å². The Morgan fingerprint density at radius 3 is 1.73 bits per heavy atom. The third-order valence-electron chi connectivity index (χ3n) is 2.51. The second kappa shape index (κ2) is 6.28. The number of hydrogen-bond donors (Lipinski definition) is 0. The van der Waals surface area contributed by atoms with Crippen molar-refractivity contribution in [2.45, 2.75) is 30.5 Å². The van der Waals surface area contributed by atoms with Crippen LogP contribution in [-0.4, -0.2) is 74.6 Å². The first kappa shape index (κ1) is 22.0. The van der Waals surface area contributed by atoms with Crippen LogP contribution in [0.3, 0.4) is 0 Å². The summed E-state index contributed by atoms with van der Waals surface area (Å²) in [4.78, 5) is 1.27. The van der Waals surface area contributed by atoms with E-state index in [4.69, 9.17) is 0 Å². The fourth-order valence-electron chi connectivity index (χ4n) is 1.28. The van der Waals surface area contributed by atoms with Gasteiger partial charge in [0.05, 0.1) is 0 Å². The number of halogens is 11. The summed E-state index contributed by atoms with van der Waals surface area (Å²) in [6.07, 6.45) is -17.9. The van der Waals surface area contributed by atoms with Gasteiger partial charge in [0.15, 0.2) is 0 Å². The molecule has 1 rings (SSSR count). The van der Waals surface area contributed by atoms with Crippen LogP contribution in [0.2, 0.25) is 0 Å². The van der Waals surface area contributed by atoms with Gasteiger partial charge in [0.2, 0.25) is 0 Å². The van der Waals surface area contributed by atoms with E-state index in [1.54, 1.807) is 0 Å². The molecule has 0 aromatic carbocycles. The van der Waals surface area contributed by atoms with Crippen LogP contribution >= 0.6 is 0 Å². The van der Waals surface area contributed by atoms with Gasteiger partial charge in [0.25, 0.3) is 0 Å². The number of hydrogen-bond acceptors (Lipinski definition) is 4. The fourth-order valence-corrected chi connectivity index (χ4v) is 4.01. The van der Waals surface area contributed by atoms with Crippen molar-refractivity contribution in [3.63, 3.8) is 0 Å². The van der Waals surface area contributed by atoms with Crippen LogP contribution in [0.4, 0.5) is 48.3 Å². The molecular formula is C10H10CfF11N2O2. The zero-order valence-corrected chi connectivity index (χ0v) is 15.2. The first-order chi connectivity index (χ1) is 11.4. The van der Waals surface area contributed by atoms with Gasteiger partial charge < -0.3 is 0 Å². The van der Waals surface area contributed by atoms with Gasteiger partial charge in [-0.05, 0) is 0 Å². The monoisotopic (exact) mass is 648 g/mol. The van der Waals surface area contributed by atoms with Crippen LogP contribution in [0.25, 0.3) is 0 Å². The molecule has 0 bridgehead atoms. The third-order valence-corrected chi connectivity index (χ3v) is 6.24. The molecule has 0 aromatic heterocycles. The minimum atomic E-state index is -6.16. The summed E-state index contributed by atoms with van der Waals surface area (Å²) in [5.74, 6) is 0. The van der Waals surface area contributed by atoms with Crippen molar-refractivity contribution in [3.8, 4) is 0 Å². The van der Waals surface area contributed by atoms with E-state index in [0.717, 1.165) is 0 Å². The first-order valence-electron chi connectivity index (χ1n) is 6.19. The molecule has 0 unspecified atom stereocenters. The Kier molecular flexibility index (Phi) is 5.31. The van der Waals surface area contributed by atoms with Crippen molar-refractivity contribution < 1.29 is 57.8 Å². The van der Waals surface area contributed by atoms with E-state index < -0.39 is 49.0 Å². The molecule has 159 valence electrons. The molecular weight excluding hydrogens is 640 g/mol. The Balaban J connectivity index is 3.40. The van der Waals surface area contributed by atoms with Crippen LogP contribution in [0, 0.1) is 0 Å². The Labute approximate surface area is 133 Å². The average Bonchev–Trinajstić information content (AvgIpc) is 2.37. The Morgan fingerprint density at radius 1 is 0.962 bits per heavy atom.